The highest BCUT2D eigenvalue weighted by Crippen LogP contribution is 2.44. The summed E-state index contributed by atoms with van der Waals surface area (Å²) in [6.45, 7) is 0.624. The number of amides is 2. The van der Waals surface area contributed by atoms with Gasteiger partial charge in [0.15, 0.2) is 0 Å². The smallest absolute Gasteiger partial charge is 0.407 e. The molecule has 1 aliphatic rings. The van der Waals surface area contributed by atoms with Gasteiger partial charge in [0.2, 0.25) is 5.91 Å². The van der Waals surface area contributed by atoms with Crippen molar-refractivity contribution in [3.63, 3.8) is 0 Å². The number of aliphatic carboxylic acids is 1. The first-order valence-corrected chi connectivity index (χ1v) is 11.6. The Morgan fingerprint density at radius 1 is 0.914 bits per heavy atom. The molecule has 1 unspecified atom stereocenters. The lowest BCUT2D eigenvalue weighted by Gasteiger charge is -2.29. The Hall–Kier alpha value is -3.43. The third-order valence-corrected chi connectivity index (χ3v) is 5.94. The number of fused-ring (bicyclic) bond motifs is 3. The second-order valence-electron chi connectivity index (χ2n) is 9.24. The molecule has 0 fully saturated rings. The number of hydrogen-bond donors (Lipinski definition) is 2. The van der Waals surface area contributed by atoms with Crippen LogP contribution in [-0.4, -0.2) is 105 Å². The highest BCUT2D eigenvalue weighted by atomic mass is 16.5. The molecule has 0 aliphatic heterocycles. The van der Waals surface area contributed by atoms with Crippen LogP contribution in [0.15, 0.2) is 48.5 Å². The van der Waals surface area contributed by atoms with E-state index in [0.717, 1.165) is 22.3 Å². The molecule has 2 aromatic carbocycles. The summed E-state index contributed by atoms with van der Waals surface area (Å²) in [6.07, 6.45) is -0.713. The number of nitrogens with one attached hydrogen (secondary N) is 1. The van der Waals surface area contributed by atoms with Gasteiger partial charge in [-0.05, 0) is 50.4 Å². The minimum Gasteiger partial charge on any atom is -0.480 e. The molecule has 0 bridgehead atoms. The zero-order valence-corrected chi connectivity index (χ0v) is 20.7. The van der Waals surface area contributed by atoms with Crippen molar-refractivity contribution in [2.45, 2.75) is 12.0 Å². The Morgan fingerprint density at radius 3 is 2.00 bits per heavy atom. The van der Waals surface area contributed by atoms with E-state index in [0.29, 0.717) is 6.54 Å². The van der Waals surface area contributed by atoms with Gasteiger partial charge >= 0.3 is 12.1 Å². The molecular weight excluding hydrogens is 448 g/mol. The van der Waals surface area contributed by atoms with Gasteiger partial charge < -0.3 is 29.9 Å². The van der Waals surface area contributed by atoms with Crippen molar-refractivity contribution in [3.8, 4) is 11.1 Å². The molecule has 0 aromatic heterocycles. The van der Waals surface area contributed by atoms with Gasteiger partial charge in [-0.2, -0.15) is 0 Å². The zero-order chi connectivity index (χ0) is 25.5. The normalized spacial score (nSPS) is 13.3. The largest absolute Gasteiger partial charge is 0.480 e. The second-order valence-corrected chi connectivity index (χ2v) is 9.24. The number of carbonyl (C=O) groups is 3. The molecule has 0 radical (unpaired) electrons. The van der Waals surface area contributed by atoms with Crippen LogP contribution in [0, 0.1) is 0 Å². The summed E-state index contributed by atoms with van der Waals surface area (Å²) in [5.41, 5.74) is 4.45. The predicted octanol–water partition coefficient (Wildman–Crippen LogP) is 1.93. The summed E-state index contributed by atoms with van der Waals surface area (Å²) in [4.78, 5) is 42.2. The lowest BCUT2D eigenvalue weighted by Crippen LogP contribution is -2.54. The minimum absolute atomic E-state index is 0.0975. The van der Waals surface area contributed by atoms with Crippen molar-refractivity contribution in [1.29, 1.82) is 0 Å². The van der Waals surface area contributed by atoms with E-state index in [1.807, 2.05) is 55.4 Å². The van der Waals surface area contributed by atoms with E-state index in [1.165, 1.54) is 4.90 Å². The maximum atomic E-state index is 13.2. The highest BCUT2D eigenvalue weighted by molar-refractivity contribution is 5.88. The second kappa shape index (κ2) is 11.8. The number of benzene rings is 2. The number of likely N-dealkylation sites (N-methyl/N-ethyl adjacent to an activating group) is 2. The average Bonchev–Trinajstić information content (AvgIpc) is 3.12. The van der Waals surface area contributed by atoms with Crippen molar-refractivity contribution >= 4 is 18.0 Å². The van der Waals surface area contributed by atoms with Gasteiger partial charge in [-0.3, -0.25) is 9.59 Å². The summed E-state index contributed by atoms with van der Waals surface area (Å²) >= 11 is 0. The summed E-state index contributed by atoms with van der Waals surface area (Å²) in [6, 6.07) is 15.2. The van der Waals surface area contributed by atoms with Gasteiger partial charge in [0.05, 0.1) is 0 Å². The molecule has 2 amide bonds. The van der Waals surface area contributed by atoms with E-state index < -0.39 is 30.6 Å². The van der Waals surface area contributed by atoms with Crippen LogP contribution in [0.4, 0.5) is 4.79 Å². The third kappa shape index (κ3) is 6.80. The Morgan fingerprint density at radius 2 is 1.49 bits per heavy atom. The van der Waals surface area contributed by atoms with E-state index >= 15 is 0 Å². The molecule has 1 aliphatic carbocycles. The molecule has 0 saturated heterocycles. The molecule has 0 spiro atoms. The first kappa shape index (κ1) is 26.2. The van der Waals surface area contributed by atoms with Crippen molar-refractivity contribution < 1.29 is 24.2 Å². The van der Waals surface area contributed by atoms with Crippen LogP contribution < -0.4 is 5.32 Å². The minimum atomic E-state index is -1.11. The Bertz CT molecular complexity index is 1010. The number of alkyl carbamates (subject to hydrolysis) is 1. The fourth-order valence-electron chi connectivity index (χ4n) is 4.30. The van der Waals surface area contributed by atoms with Gasteiger partial charge in [0, 0.05) is 25.6 Å². The highest BCUT2D eigenvalue weighted by Gasteiger charge is 2.31. The maximum absolute atomic E-state index is 13.2. The number of hydrogen-bond acceptors (Lipinski definition) is 6. The summed E-state index contributed by atoms with van der Waals surface area (Å²) in [5.74, 6) is -1.67. The van der Waals surface area contributed by atoms with Crippen LogP contribution in [0.2, 0.25) is 0 Å². The maximum Gasteiger partial charge on any atom is 0.407 e. The first-order valence-electron chi connectivity index (χ1n) is 11.6. The summed E-state index contributed by atoms with van der Waals surface area (Å²) in [7, 11) is 7.24. The molecule has 9 heteroatoms. The van der Waals surface area contributed by atoms with Crippen LogP contribution in [-0.2, 0) is 14.3 Å². The molecule has 2 aromatic rings. The number of carboxylic acid groups (broad SMARTS) is 1. The molecule has 188 valence electrons. The fourth-order valence-corrected chi connectivity index (χ4v) is 4.30. The van der Waals surface area contributed by atoms with Crippen molar-refractivity contribution in [1.82, 2.24) is 20.0 Å². The van der Waals surface area contributed by atoms with Crippen molar-refractivity contribution in [2.75, 3.05) is 61.0 Å². The van der Waals surface area contributed by atoms with Crippen LogP contribution >= 0.6 is 0 Å². The van der Waals surface area contributed by atoms with Gasteiger partial charge in [-0.25, -0.2) is 4.79 Å². The van der Waals surface area contributed by atoms with E-state index in [-0.39, 0.29) is 25.6 Å². The van der Waals surface area contributed by atoms with Crippen molar-refractivity contribution in [2.24, 2.45) is 0 Å². The van der Waals surface area contributed by atoms with Crippen LogP contribution in [0.5, 0.6) is 0 Å². The molecule has 0 saturated carbocycles. The van der Waals surface area contributed by atoms with Gasteiger partial charge in [-0.1, -0.05) is 48.5 Å². The van der Waals surface area contributed by atoms with Gasteiger partial charge in [0.25, 0.3) is 0 Å². The molecule has 1 atom stereocenters. The number of carbonyl (C=O) groups excluding carboxylic acids is 2. The average molecular weight is 483 g/mol. The number of nitrogens with zero attached hydrogens (tertiary/aromatic N) is 3. The van der Waals surface area contributed by atoms with E-state index in [4.69, 9.17) is 4.74 Å². The van der Waals surface area contributed by atoms with Crippen LogP contribution in [0.25, 0.3) is 11.1 Å². The van der Waals surface area contributed by atoms with E-state index in [2.05, 4.69) is 17.4 Å². The lowest BCUT2D eigenvalue weighted by molar-refractivity contribution is -0.145. The molecule has 3 rings (SSSR count). The van der Waals surface area contributed by atoms with E-state index in [1.54, 1.807) is 19.0 Å². The van der Waals surface area contributed by atoms with Crippen molar-refractivity contribution in [3.05, 3.63) is 59.7 Å². The number of carboxylic acids is 1. The van der Waals surface area contributed by atoms with Crippen LogP contribution in [0.3, 0.4) is 0 Å². The summed E-state index contributed by atoms with van der Waals surface area (Å²) in [5, 5.41) is 11.9. The zero-order valence-electron chi connectivity index (χ0n) is 20.7. The number of rotatable bonds is 11. The molecule has 2 N–H and O–H groups in total. The predicted molar refractivity (Wildman–Crippen MR) is 133 cm³/mol. The molecule has 35 heavy (non-hydrogen) atoms. The molecule has 9 nitrogen and oxygen atoms in total. The van der Waals surface area contributed by atoms with Crippen LogP contribution in [0.1, 0.15) is 17.0 Å². The quantitative estimate of drug-likeness (QED) is 0.505. The third-order valence-electron chi connectivity index (χ3n) is 5.94. The Balaban J connectivity index is 1.69. The summed E-state index contributed by atoms with van der Waals surface area (Å²) < 4.78 is 5.60. The fraction of sp³-hybridized carbons (Fsp3) is 0.423. The lowest BCUT2D eigenvalue weighted by atomic mass is 9.98. The SMILES string of the molecule is CN(C)CCN(CC(=O)O)C(=O)C(CN(C)C)NC(=O)OCC1c2ccccc2-c2ccccc21. The number of ether oxygens (including phenoxy) is 1. The standard InChI is InChI=1S/C26H34N4O5/c1-28(2)13-14-30(16-24(31)32)25(33)23(15-29(3)4)27-26(34)35-17-22-20-11-7-5-9-18(20)19-10-6-8-12-21(19)22/h5-12,22-23H,13-17H2,1-4H3,(H,27,34)(H,31,32). The van der Waals surface area contributed by atoms with E-state index in [9.17, 15) is 19.5 Å². The molecular formula is C26H34N4O5. The Labute approximate surface area is 206 Å². The Kier molecular flexibility index (Phi) is 8.84. The first-order chi connectivity index (χ1) is 16.7. The molecule has 0 heterocycles. The topological polar surface area (TPSA) is 102 Å². The van der Waals surface area contributed by atoms with Gasteiger partial charge in [0.1, 0.15) is 19.2 Å². The monoisotopic (exact) mass is 482 g/mol. The van der Waals surface area contributed by atoms with Gasteiger partial charge in [-0.15, -0.1) is 0 Å².